The molecule has 0 bridgehead atoms. The number of halogens is 3. The molecule has 3 aromatic rings. The van der Waals surface area contributed by atoms with E-state index in [0.717, 1.165) is 53.1 Å². The molecule has 29 heavy (non-hydrogen) atoms. The zero-order chi connectivity index (χ0) is 20.8. The summed E-state index contributed by atoms with van der Waals surface area (Å²) in [6, 6.07) is 11.1. The van der Waals surface area contributed by atoms with E-state index < -0.39 is 21.8 Å². The third kappa shape index (κ3) is 3.67. The summed E-state index contributed by atoms with van der Waals surface area (Å²) in [5.74, 6) is 0.425. The molecule has 0 spiro atoms. The second kappa shape index (κ2) is 7.18. The van der Waals surface area contributed by atoms with Crippen molar-refractivity contribution in [2.24, 2.45) is 0 Å². The van der Waals surface area contributed by atoms with E-state index in [4.69, 9.17) is 0 Å². The molecule has 8 heteroatoms. The highest BCUT2D eigenvalue weighted by Crippen LogP contribution is 2.33. The van der Waals surface area contributed by atoms with Crippen molar-refractivity contribution in [1.29, 1.82) is 0 Å². The minimum absolute atomic E-state index is 0.386. The smallest absolute Gasteiger partial charge is 0.302 e. The quantitative estimate of drug-likeness (QED) is 0.598. The van der Waals surface area contributed by atoms with Gasteiger partial charge in [-0.1, -0.05) is 19.1 Å². The Morgan fingerprint density at radius 1 is 1.07 bits per heavy atom. The third-order valence-electron chi connectivity index (χ3n) is 5.37. The highest BCUT2D eigenvalue weighted by molar-refractivity contribution is 7.90. The van der Waals surface area contributed by atoms with Crippen LogP contribution in [0.25, 0.3) is 10.9 Å². The van der Waals surface area contributed by atoms with Gasteiger partial charge in [0.05, 0.1) is 16.0 Å². The highest BCUT2D eigenvalue weighted by Gasteiger charge is 2.32. The summed E-state index contributed by atoms with van der Waals surface area (Å²) in [6.07, 6.45) is -2.09. The minimum atomic E-state index is -4.60. The molecular formula is C21H21F3N2O2S. The van der Waals surface area contributed by atoms with Gasteiger partial charge in [0.2, 0.25) is 0 Å². The first-order valence-electron chi connectivity index (χ1n) is 9.46. The molecule has 0 N–H and O–H groups in total. The minimum Gasteiger partial charge on any atom is -0.302 e. The lowest BCUT2D eigenvalue weighted by Gasteiger charge is -2.39. The Balaban J connectivity index is 1.66. The number of hydrogen-bond donors (Lipinski definition) is 0. The van der Waals surface area contributed by atoms with Crippen LogP contribution in [0.1, 0.15) is 30.4 Å². The lowest BCUT2D eigenvalue weighted by molar-refractivity contribution is -0.137. The number of rotatable bonds is 5. The molecule has 2 aromatic carbocycles. The molecule has 1 aromatic heterocycles. The van der Waals surface area contributed by atoms with Crippen LogP contribution in [-0.2, 0) is 16.2 Å². The van der Waals surface area contributed by atoms with Crippen LogP contribution < -0.4 is 0 Å². The standard InChI is InChI=1S/C21H21F3N2O2S/c1-2-9-25-13-17(14-25)15-6-7-20-16(11-15)8-10-26(20)29(27,28)19-5-3-4-18(12-19)21(22,23)24/h3-8,10-12,17H,2,9,13-14H2,1H3. The van der Waals surface area contributed by atoms with Gasteiger partial charge in [0.15, 0.2) is 0 Å². The predicted molar refractivity (Wildman–Crippen MR) is 105 cm³/mol. The van der Waals surface area contributed by atoms with Gasteiger partial charge in [0.25, 0.3) is 10.0 Å². The molecule has 4 rings (SSSR count). The van der Waals surface area contributed by atoms with Gasteiger partial charge in [-0.15, -0.1) is 0 Å². The van der Waals surface area contributed by atoms with Gasteiger partial charge in [0, 0.05) is 30.6 Å². The molecule has 154 valence electrons. The van der Waals surface area contributed by atoms with Gasteiger partial charge in [0.1, 0.15) is 0 Å². The van der Waals surface area contributed by atoms with Gasteiger partial charge in [-0.05, 0) is 54.9 Å². The first kappa shape index (κ1) is 20.0. The molecule has 1 aliphatic rings. The van der Waals surface area contributed by atoms with E-state index in [2.05, 4.69) is 11.8 Å². The summed E-state index contributed by atoms with van der Waals surface area (Å²) in [7, 11) is -4.14. The normalized spacial score (nSPS) is 16.3. The highest BCUT2D eigenvalue weighted by atomic mass is 32.2. The van der Waals surface area contributed by atoms with Gasteiger partial charge in [-0.25, -0.2) is 12.4 Å². The van der Waals surface area contributed by atoms with Crippen LogP contribution in [0.3, 0.4) is 0 Å². The van der Waals surface area contributed by atoms with Crippen molar-refractivity contribution in [3.8, 4) is 0 Å². The number of nitrogens with zero attached hydrogens (tertiary/aromatic N) is 2. The zero-order valence-corrected chi connectivity index (χ0v) is 16.7. The fraction of sp³-hybridized carbons (Fsp3) is 0.333. The zero-order valence-electron chi connectivity index (χ0n) is 15.9. The van der Waals surface area contributed by atoms with E-state index in [1.807, 2.05) is 12.1 Å². The maximum absolute atomic E-state index is 13.0. The second-order valence-electron chi connectivity index (χ2n) is 7.42. The van der Waals surface area contributed by atoms with Gasteiger partial charge in [-0.2, -0.15) is 13.2 Å². The summed E-state index contributed by atoms with van der Waals surface area (Å²) in [5.41, 5.74) is 0.619. The van der Waals surface area contributed by atoms with Crippen molar-refractivity contribution in [3.63, 3.8) is 0 Å². The maximum atomic E-state index is 13.0. The Hall–Kier alpha value is -2.32. The van der Waals surface area contributed by atoms with E-state index in [-0.39, 0.29) is 4.90 Å². The van der Waals surface area contributed by atoms with Crippen LogP contribution in [0.15, 0.2) is 59.6 Å². The Morgan fingerprint density at radius 3 is 2.52 bits per heavy atom. The van der Waals surface area contributed by atoms with Crippen LogP contribution in [0.4, 0.5) is 13.2 Å². The Morgan fingerprint density at radius 2 is 1.83 bits per heavy atom. The molecule has 0 saturated carbocycles. The van der Waals surface area contributed by atoms with Crippen LogP contribution in [0, 0.1) is 0 Å². The average Bonchev–Trinajstić information content (AvgIpc) is 3.07. The van der Waals surface area contributed by atoms with Crippen molar-refractivity contribution in [3.05, 3.63) is 65.9 Å². The Bertz CT molecular complexity index is 1150. The molecular weight excluding hydrogens is 401 g/mol. The summed E-state index contributed by atoms with van der Waals surface area (Å²) >= 11 is 0. The molecule has 0 amide bonds. The van der Waals surface area contributed by atoms with Crippen LogP contribution >= 0.6 is 0 Å². The molecule has 1 saturated heterocycles. The van der Waals surface area contributed by atoms with Crippen molar-refractivity contribution >= 4 is 20.9 Å². The number of alkyl halides is 3. The van der Waals surface area contributed by atoms with E-state index in [1.165, 1.54) is 12.3 Å². The van der Waals surface area contributed by atoms with Crippen molar-refractivity contribution in [1.82, 2.24) is 8.87 Å². The lowest BCUT2D eigenvalue weighted by atomic mass is 9.91. The number of benzene rings is 2. The number of aromatic nitrogens is 1. The predicted octanol–water partition coefficient (Wildman–Crippen LogP) is 4.71. The van der Waals surface area contributed by atoms with Crippen LogP contribution in [-0.4, -0.2) is 36.9 Å². The SMILES string of the molecule is CCCN1CC(c2ccc3c(ccn3S(=O)(=O)c3cccc(C(F)(F)F)c3)c2)C1. The molecule has 0 atom stereocenters. The first-order valence-corrected chi connectivity index (χ1v) is 10.9. The average molecular weight is 422 g/mol. The Kier molecular flexibility index (Phi) is 4.94. The van der Waals surface area contributed by atoms with Crippen LogP contribution in [0.5, 0.6) is 0 Å². The van der Waals surface area contributed by atoms with E-state index in [1.54, 1.807) is 12.1 Å². The summed E-state index contributed by atoms with van der Waals surface area (Å²) in [4.78, 5) is 1.99. The van der Waals surface area contributed by atoms with Crippen LogP contribution in [0.2, 0.25) is 0 Å². The molecule has 0 radical (unpaired) electrons. The van der Waals surface area contributed by atoms with Crippen molar-refractivity contribution in [2.45, 2.75) is 30.3 Å². The van der Waals surface area contributed by atoms with E-state index in [9.17, 15) is 21.6 Å². The molecule has 0 unspecified atom stereocenters. The first-order chi connectivity index (χ1) is 13.7. The van der Waals surface area contributed by atoms with Gasteiger partial charge in [-0.3, -0.25) is 0 Å². The van der Waals surface area contributed by atoms with Gasteiger partial charge >= 0.3 is 6.18 Å². The fourth-order valence-corrected chi connectivity index (χ4v) is 5.22. The summed E-state index contributed by atoms with van der Waals surface area (Å²) in [5, 5.41) is 0.756. The van der Waals surface area contributed by atoms with Crippen molar-refractivity contribution in [2.75, 3.05) is 19.6 Å². The Labute approximate surface area is 167 Å². The third-order valence-corrected chi connectivity index (χ3v) is 7.05. The summed E-state index contributed by atoms with van der Waals surface area (Å²) in [6.45, 7) is 5.20. The summed E-state index contributed by atoms with van der Waals surface area (Å²) < 4.78 is 65.9. The number of likely N-dealkylation sites (tertiary alicyclic amines) is 1. The van der Waals surface area contributed by atoms with Crippen molar-refractivity contribution < 1.29 is 21.6 Å². The molecule has 1 aliphatic heterocycles. The maximum Gasteiger partial charge on any atom is 0.416 e. The second-order valence-corrected chi connectivity index (χ2v) is 9.23. The molecule has 0 aliphatic carbocycles. The van der Waals surface area contributed by atoms with E-state index >= 15 is 0 Å². The largest absolute Gasteiger partial charge is 0.416 e. The number of hydrogen-bond acceptors (Lipinski definition) is 3. The molecule has 4 nitrogen and oxygen atoms in total. The molecule has 2 heterocycles. The number of fused-ring (bicyclic) bond motifs is 1. The van der Waals surface area contributed by atoms with Gasteiger partial charge < -0.3 is 4.90 Å². The molecule has 1 fully saturated rings. The van der Waals surface area contributed by atoms with E-state index in [0.29, 0.717) is 17.5 Å². The monoisotopic (exact) mass is 422 g/mol. The lowest BCUT2D eigenvalue weighted by Crippen LogP contribution is -2.45. The topological polar surface area (TPSA) is 42.3 Å². The fourth-order valence-electron chi connectivity index (χ4n) is 3.82.